The van der Waals surface area contributed by atoms with Gasteiger partial charge in [-0.2, -0.15) is 0 Å². The number of rotatable bonds is 6. The second-order valence-electron chi connectivity index (χ2n) is 9.53. The Hall–Kier alpha value is -1.69. The smallest absolute Gasteiger partial charge is 0.259 e. The van der Waals surface area contributed by atoms with E-state index in [4.69, 9.17) is 4.98 Å². The molecule has 2 aromatic heterocycles. The van der Waals surface area contributed by atoms with Crippen molar-refractivity contribution in [2.24, 2.45) is 17.3 Å². The molecular formula is C22H33N3O2S. The van der Waals surface area contributed by atoms with E-state index in [-0.39, 0.29) is 16.9 Å². The molecule has 0 spiro atoms. The molecule has 28 heavy (non-hydrogen) atoms. The molecule has 1 aliphatic rings. The van der Waals surface area contributed by atoms with Gasteiger partial charge >= 0.3 is 0 Å². The minimum Gasteiger partial charge on any atom is -0.356 e. The van der Waals surface area contributed by atoms with Gasteiger partial charge in [-0.1, -0.05) is 34.6 Å². The largest absolute Gasteiger partial charge is 0.356 e. The monoisotopic (exact) mass is 403 g/mol. The van der Waals surface area contributed by atoms with Crippen LogP contribution in [-0.2, 0) is 24.1 Å². The maximum Gasteiger partial charge on any atom is 0.259 e. The molecule has 2 N–H and O–H groups in total. The molecule has 6 heteroatoms. The molecule has 0 saturated carbocycles. The lowest BCUT2D eigenvalue weighted by Gasteiger charge is -2.33. The Morgan fingerprint density at radius 3 is 2.79 bits per heavy atom. The number of aromatic nitrogens is 2. The van der Waals surface area contributed by atoms with Gasteiger partial charge in [0.15, 0.2) is 0 Å². The molecule has 2 aromatic rings. The molecule has 0 saturated heterocycles. The molecule has 5 nitrogen and oxygen atoms in total. The van der Waals surface area contributed by atoms with E-state index in [1.54, 1.807) is 11.3 Å². The summed E-state index contributed by atoms with van der Waals surface area (Å²) >= 11 is 1.67. The fourth-order valence-corrected chi connectivity index (χ4v) is 5.23. The molecule has 0 fully saturated rings. The van der Waals surface area contributed by atoms with Crippen molar-refractivity contribution in [2.75, 3.05) is 6.54 Å². The number of H-pyrrole nitrogens is 1. The summed E-state index contributed by atoms with van der Waals surface area (Å²) in [5.74, 6) is 1.84. The van der Waals surface area contributed by atoms with E-state index in [9.17, 15) is 9.59 Å². The van der Waals surface area contributed by atoms with Gasteiger partial charge in [-0.3, -0.25) is 9.59 Å². The number of hydrogen-bond acceptors (Lipinski definition) is 4. The van der Waals surface area contributed by atoms with Crippen LogP contribution in [0.3, 0.4) is 0 Å². The third-order valence-electron chi connectivity index (χ3n) is 5.83. The maximum atomic E-state index is 12.7. The number of hydrogen-bond donors (Lipinski definition) is 2. The summed E-state index contributed by atoms with van der Waals surface area (Å²) in [5, 5.41) is 3.71. The van der Waals surface area contributed by atoms with Crippen LogP contribution in [0.4, 0.5) is 0 Å². The van der Waals surface area contributed by atoms with Crippen molar-refractivity contribution in [1.29, 1.82) is 0 Å². The molecule has 0 bridgehead atoms. The van der Waals surface area contributed by atoms with Crippen LogP contribution < -0.4 is 10.9 Å². The standard InChI is InChI=1S/C22H33N3O2S/c1-13(2)10-11-23-18(26)9-8-17-24-20(27)19-15-7-6-14(22(3,4)5)12-16(15)28-21(19)25-17/h13-14H,6-12H2,1-5H3,(H,23,26)(H,24,25,27). The van der Waals surface area contributed by atoms with E-state index in [2.05, 4.69) is 44.9 Å². The summed E-state index contributed by atoms with van der Waals surface area (Å²) < 4.78 is 0. The minimum atomic E-state index is -0.0491. The number of aromatic amines is 1. The van der Waals surface area contributed by atoms with Gasteiger partial charge < -0.3 is 10.3 Å². The van der Waals surface area contributed by atoms with Crippen LogP contribution in [0, 0.1) is 17.3 Å². The van der Waals surface area contributed by atoms with Crippen LogP contribution in [0.15, 0.2) is 4.79 Å². The molecule has 1 atom stereocenters. The van der Waals surface area contributed by atoms with Crippen molar-refractivity contribution < 1.29 is 4.79 Å². The number of thiophene rings is 1. The number of amides is 1. The number of fused-ring (bicyclic) bond motifs is 3. The molecular weight excluding hydrogens is 370 g/mol. The normalized spacial score (nSPS) is 17.1. The number of nitrogens with zero attached hydrogens (tertiary/aromatic N) is 1. The highest BCUT2D eigenvalue weighted by atomic mass is 32.1. The van der Waals surface area contributed by atoms with Gasteiger partial charge in [-0.25, -0.2) is 4.98 Å². The van der Waals surface area contributed by atoms with Gasteiger partial charge in [-0.05, 0) is 48.5 Å². The van der Waals surface area contributed by atoms with E-state index >= 15 is 0 Å². The van der Waals surface area contributed by atoms with E-state index in [1.165, 1.54) is 10.4 Å². The summed E-state index contributed by atoms with van der Waals surface area (Å²) in [7, 11) is 0. The van der Waals surface area contributed by atoms with E-state index in [1.807, 2.05) is 0 Å². The lowest BCUT2D eigenvalue weighted by atomic mass is 9.72. The molecule has 0 aromatic carbocycles. The first-order chi connectivity index (χ1) is 13.1. The second kappa shape index (κ2) is 8.36. The Morgan fingerprint density at radius 1 is 1.36 bits per heavy atom. The lowest BCUT2D eigenvalue weighted by Crippen LogP contribution is -2.26. The molecule has 154 valence electrons. The molecule has 2 heterocycles. The maximum absolute atomic E-state index is 12.7. The fourth-order valence-electron chi connectivity index (χ4n) is 3.91. The third-order valence-corrected chi connectivity index (χ3v) is 6.97. The van der Waals surface area contributed by atoms with Crippen LogP contribution in [0.1, 0.15) is 70.1 Å². The Labute approximate surface area is 171 Å². The second-order valence-corrected chi connectivity index (χ2v) is 10.6. The van der Waals surface area contributed by atoms with Gasteiger partial charge in [0.05, 0.1) is 5.39 Å². The highest BCUT2D eigenvalue weighted by molar-refractivity contribution is 7.18. The number of carbonyl (C=O) groups excluding carboxylic acids is 1. The van der Waals surface area contributed by atoms with E-state index < -0.39 is 0 Å². The zero-order valence-corrected chi connectivity index (χ0v) is 18.6. The van der Waals surface area contributed by atoms with Gasteiger partial charge in [0.2, 0.25) is 5.91 Å². The Balaban J connectivity index is 1.72. The summed E-state index contributed by atoms with van der Waals surface area (Å²) in [6.07, 6.45) is 4.91. The molecule has 1 amide bonds. The number of aryl methyl sites for hydroxylation is 2. The zero-order valence-electron chi connectivity index (χ0n) is 17.8. The van der Waals surface area contributed by atoms with Gasteiger partial charge in [0.1, 0.15) is 10.7 Å². The first-order valence-corrected chi connectivity index (χ1v) is 11.3. The van der Waals surface area contributed by atoms with Crippen molar-refractivity contribution in [3.63, 3.8) is 0 Å². The van der Waals surface area contributed by atoms with Gasteiger partial charge in [0.25, 0.3) is 5.56 Å². The average Bonchev–Trinajstić information content (AvgIpc) is 2.96. The minimum absolute atomic E-state index is 0.0156. The molecule has 3 rings (SSSR count). The first-order valence-electron chi connectivity index (χ1n) is 10.4. The predicted octanol–water partition coefficient (Wildman–Crippen LogP) is 4.23. The highest BCUT2D eigenvalue weighted by Crippen LogP contribution is 2.41. The van der Waals surface area contributed by atoms with Crippen molar-refractivity contribution in [1.82, 2.24) is 15.3 Å². The van der Waals surface area contributed by atoms with E-state index in [0.717, 1.165) is 35.9 Å². The lowest BCUT2D eigenvalue weighted by molar-refractivity contribution is -0.121. The Morgan fingerprint density at radius 2 is 2.11 bits per heavy atom. The zero-order chi connectivity index (χ0) is 20.5. The van der Waals surface area contributed by atoms with Gasteiger partial charge in [-0.15, -0.1) is 11.3 Å². The summed E-state index contributed by atoms with van der Waals surface area (Å²) in [4.78, 5) is 34.5. The van der Waals surface area contributed by atoms with Crippen LogP contribution in [0.2, 0.25) is 0 Å². The summed E-state index contributed by atoms with van der Waals surface area (Å²) in [5.41, 5.74) is 1.43. The predicted molar refractivity (Wildman–Crippen MR) is 116 cm³/mol. The van der Waals surface area contributed by atoms with Crippen molar-refractivity contribution in [3.8, 4) is 0 Å². The Kier molecular flexibility index (Phi) is 6.28. The van der Waals surface area contributed by atoms with Crippen LogP contribution in [0.5, 0.6) is 0 Å². The number of carbonyl (C=O) groups is 1. The van der Waals surface area contributed by atoms with Crippen molar-refractivity contribution in [3.05, 3.63) is 26.6 Å². The average molecular weight is 404 g/mol. The first kappa shape index (κ1) is 21.0. The van der Waals surface area contributed by atoms with Crippen molar-refractivity contribution >= 4 is 27.5 Å². The van der Waals surface area contributed by atoms with Crippen molar-refractivity contribution in [2.45, 2.75) is 73.1 Å². The van der Waals surface area contributed by atoms with E-state index in [0.29, 0.717) is 37.0 Å². The highest BCUT2D eigenvalue weighted by Gasteiger charge is 2.31. The number of nitrogens with one attached hydrogen (secondary N) is 2. The third kappa shape index (κ3) is 4.83. The Bertz CT molecular complexity index is 905. The topological polar surface area (TPSA) is 74.8 Å². The summed E-state index contributed by atoms with van der Waals surface area (Å²) in [6, 6.07) is 0. The van der Waals surface area contributed by atoms with Crippen LogP contribution >= 0.6 is 11.3 Å². The molecule has 1 aliphatic carbocycles. The van der Waals surface area contributed by atoms with Crippen LogP contribution in [-0.4, -0.2) is 22.4 Å². The quantitative estimate of drug-likeness (QED) is 0.758. The fraction of sp³-hybridized carbons (Fsp3) is 0.682. The molecule has 0 radical (unpaired) electrons. The van der Waals surface area contributed by atoms with Gasteiger partial charge in [0, 0.05) is 24.3 Å². The molecule has 0 aliphatic heterocycles. The molecule has 1 unspecified atom stereocenters. The summed E-state index contributed by atoms with van der Waals surface area (Å²) in [6.45, 7) is 11.9. The SMILES string of the molecule is CC(C)CCNC(=O)CCc1nc2sc3c(c2c(=O)[nH]1)CCC(C(C)(C)C)C3. The van der Waals surface area contributed by atoms with Crippen LogP contribution in [0.25, 0.3) is 10.2 Å².